The summed E-state index contributed by atoms with van der Waals surface area (Å²) < 4.78 is 0. The molecule has 6 amide bonds. The summed E-state index contributed by atoms with van der Waals surface area (Å²) in [7, 11) is 0. The van der Waals surface area contributed by atoms with Gasteiger partial charge in [0.05, 0.1) is 13.0 Å². The summed E-state index contributed by atoms with van der Waals surface area (Å²) in [5.74, 6) is -5.91. The molecule has 15 nitrogen and oxygen atoms in total. The minimum Gasteiger partial charge on any atom is -0.480 e. The fourth-order valence-electron chi connectivity index (χ4n) is 3.77. The van der Waals surface area contributed by atoms with E-state index in [1.807, 2.05) is 0 Å². The minimum absolute atomic E-state index is 0.286. The van der Waals surface area contributed by atoms with E-state index in [9.17, 15) is 33.6 Å². The van der Waals surface area contributed by atoms with Gasteiger partial charge in [0.1, 0.15) is 30.2 Å². The molecule has 9 N–H and O–H groups in total. The second kappa shape index (κ2) is 14.1. The van der Waals surface area contributed by atoms with Crippen LogP contribution in [0.2, 0.25) is 0 Å². The number of carboxylic acid groups (broad SMARTS) is 1. The van der Waals surface area contributed by atoms with Gasteiger partial charge >= 0.3 is 5.97 Å². The van der Waals surface area contributed by atoms with Crippen molar-refractivity contribution in [3.05, 3.63) is 0 Å². The molecule has 1 fully saturated rings. The third kappa shape index (κ3) is 9.33. The summed E-state index contributed by atoms with van der Waals surface area (Å²) >= 11 is 0. The largest absolute Gasteiger partial charge is 0.480 e. The first-order chi connectivity index (χ1) is 17.2. The number of nitrogens with zero attached hydrogens (tertiary/aromatic N) is 1. The van der Waals surface area contributed by atoms with Crippen molar-refractivity contribution in [2.24, 2.45) is 17.4 Å². The van der Waals surface area contributed by atoms with Crippen molar-refractivity contribution in [1.29, 1.82) is 0 Å². The maximum Gasteiger partial charge on any atom is 0.326 e. The molecule has 0 aromatic carbocycles. The molecule has 0 bridgehead atoms. The van der Waals surface area contributed by atoms with Crippen LogP contribution in [0.25, 0.3) is 0 Å². The Morgan fingerprint density at radius 2 is 1.54 bits per heavy atom. The molecule has 0 radical (unpaired) electrons. The lowest BCUT2D eigenvalue weighted by atomic mass is 10.0. The summed E-state index contributed by atoms with van der Waals surface area (Å²) in [6.07, 6.45) is 0.279. The van der Waals surface area contributed by atoms with Crippen molar-refractivity contribution in [2.45, 2.75) is 77.2 Å². The highest BCUT2D eigenvalue weighted by Crippen LogP contribution is 2.19. The van der Waals surface area contributed by atoms with E-state index >= 15 is 0 Å². The van der Waals surface area contributed by atoms with Crippen LogP contribution < -0.4 is 32.7 Å². The van der Waals surface area contributed by atoms with Crippen molar-refractivity contribution in [3.8, 4) is 0 Å². The summed E-state index contributed by atoms with van der Waals surface area (Å²) in [4.78, 5) is 86.2. The summed E-state index contributed by atoms with van der Waals surface area (Å²) in [5, 5.41) is 18.8. The zero-order chi connectivity index (χ0) is 28.4. The van der Waals surface area contributed by atoms with Crippen molar-refractivity contribution in [1.82, 2.24) is 26.2 Å². The van der Waals surface area contributed by atoms with Crippen LogP contribution in [0.4, 0.5) is 0 Å². The molecule has 5 atom stereocenters. The normalized spacial score (nSPS) is 18.2. The van der Waals surface area contributed by atoms with Crippen LogP contribution in [-0.4, -0.2) is 94.7 Å². The number of hydrogen-bond acceptors (Lipinski definition) is 8. The Balaban J connectivity index is 2.85. The van der Waals surface area contributed by atoms with Crippen molar-refractivity contribution >= 4 is 41.4 Å². The number of rotatable bonds is 13. The van der Waals surface area contributed by atoms with Gasteiger partial charge in [-0.05, 0) is 32.6 Å². The van der Waals surface area contributed by atoms with Gasteiger partial charge in [-0.15, -0.1) is 0 Å². The number of nitrogens with two attached hydrogens (primary N) is 2. The van der Waals surface area contributed by atoms with Gasteiger partial charge in [-0.25, -0.2) is 4.79 Å². The Bertz CT molecular complexity index is 909. The lowest BCUT2D eigenvalue weighted by Crippen LogP contribution is -2.59. The van der Waals surface area contributed by atoms with Crippen LogP contribution in [0, 0.1) is 5.92 Å². The van der Waals surface area contributed by atoms with E-state index in [0.717, 1.165) is 0 Å². The van der Waals surface area contributed by atoms with Crippen LogP contribution in [0.5, 0.6) is 0 Å². The monoisotopic (exact) mass is 527 g/mol. The maximum absolute atomic E-state index is 13.0. The number of aliphatic carboxylic acids is 1. The van der Waals surface area contributed by atoms with Gasteiger partial charge in [0.2, 0.25) is 35.4 Å². The highest BCUT2D eigenvalue weighted by Gasteiger charge is 2.38. The third-order valence-corrected chi connectivity index (χ3v) is 5.79. The van der Waals surface area contributed by atoms with E-state index in [2.05, 4.69) is 21.3 Å². The highest BCUT2D eigenvalue weighted by atomic mass is 16.4. The molecular weight excluding hydrogens is 490 g/mol. The molecule has 0 aromatic heterocycles. The van der Waals surface area contributed by atoms with Gasteiger partial charge in [0.15, 0.2) is 0 Å². The number of amides is 6. The summed E-state index contributed by atoms with van der Waals surface area (Å²) in [5.41, 5.74) is 10.3. The van der Waals surface area contributed by atoms with Crippen molar-refractivity contribution < 1.29 is 38.7 Å². The number of likely N-dealkylation sites (tertiary alicyclic amines) is 1. The molecule has 1 rings (SSSR count). The molecule has 37 heavy (non-hydrogen) atoms. The predicted molar refractivity (Wildman–Crippen MR) is 129 cm³/mol. The third-order valence-electron chi connectivity index (χ3n) is 5.79. The van der Waals surface area contributed by atoms with Gasteiger partial charge in [0, 0.05) is 6.54 Å². The fraction of sp³-hybridized carbons (Fsp3) is 0.682. The number of carboxylic acids is 1. The molecule has 15 heteroatoms. The smallest absolute Gasteiger partial charge is 0.326 e. The molecule has 0 unspecified atom stereocenters. The van der Waals surface area contributed by atoms with Crippen LogP contribution in [0.15, 0.2) is 0 Å². The Morgan fingerprint density at radius 3 is 2.05 bits per heavy atom. The van der Waals surface area contributed by atoms with E-state index in [-0.39, 0.29) is 6.54 Å². The Hall–Kier alpha value is -3.75. The molecule has 1 aliphatic rings. The van der Waals surface area contributed by atoms with Crippen molar-refractivity contribution in [2.75, 3.05) is 13.1 Å². The quantitative estimate of drug-likeness (QED) is 0.126. The highest BCUT2D eigenvalue weighted by molar-refractivity contribution is 5.96. The molecule has 0 saturated carbocycles. The van der Waals surface area contributed by atoms with Gasteiger partial charge in [0.25, 0.3) is 0 Å². The minimum atomic E-state index is -1.56. The molecular formula is C22H37N7O8. The molecule has 1 aliphatic heterocycles. The average molecular weight is 528 g/mol. The van der Waals surface area contributed by atoms with Gasteiger partial charge in [-0.3, -0.25) is 28.8 Å². The Labute approximate surface area is 214 Å². The van der Waals surface area contributed by atoms with Gasteiger partial charge in [-0.2, -0.15) is 0 Å². The topological polar surface area (TPSA) is 243 Å². The van der Waals surface area contributed by atoms with Crippen LogP contribution in [0.1, 0.15) is 47.0 Å². The molecule has 0 aliphatic carbocycles. The second-order valence-electron chi connectivity index (χ2n) is 9.21. The zero-order valence-electron chi connectivity index (χ0n) is 21.4. The second-order valence-corrected chi connectivity index (χ2v) is 9.21. The molecule has 0 aromatic rings. The van der Waals surface area contributed by atoms with Gasteiger partial charge < -0.3 is 42.7 Å². The van der Waals surface area contributed by atoms with E-state index in [4.69, 9.17) is 16.6 Å². The van der Waals surface area contributed by atoms with Crippen LogP contribution in [0.3, 0.4) is 0 Å². The standard InChI is InChI=1S/C22H37N7O8/c1-10(2)17(20(34)26-11(3)18(32)27-13(22(36)37)8-15(24)30)28-19(33)14-6-5-7-29(14)21(35)12(4)25-16(31)9-23/h10-14,17H,5-9,23H2,1-4H3,(H2,24,30)(H,25,31)(H,26,34)(H,27,32)(H,28,33)(H,36,37)/t11-,12-,13-,14-,17-/m0/s1. The lowest BCUT2D eigenvalue weighted by molar-refractivity contribution is -0.143. The van der Waals surface area contributed by atoms with E-state index in [1.54, 1.807) is 13.8 Å². The number of carbonyl (C=O) groups excluding carboxylic acids is 6. The lowest BCUT2D eigenvalue weighted by Gasteiger charge is -2.30. The summed E-state index contributed by atoms with van der Waals surface area (Å²) in [6, 6.07) is -5.58. The van der Waals surface area contributed by atoms with Crippen LogP contribution >= 0.6 is 0 Å². The van der Waals surface area contributed by atoms with E-state index in [1.165, 1.54) is 18.7 Å². The first-order valence-electron chi connectivity index (χ1n) is 11.9. The van der Waals surface area contributed by atoms with Crippen molar-refractivity contribution in [3.63, 3.8) is 0 Å². The molecule has 208 valence electrons. The Kier molecular flexibility index (Phi) is 11.9. The molecule has 0 spiro atoms. The zero-order valence-corrected chi connectivity index (χ0v) is 21.4. The number of carbonyl (C=O) groups is 7. The van der Waals surface area contributed by atoms with E-state index < -0.39 is 84.0 Å². The summed E-state index contributed by atoms with van der Waals surface area (Å²) in [6.45, 7) is 6.15. The first kappa shape index (κ1) is 31.3. The molecule has 1 heterocycles. The maximum atomic E-state index is 13.0. The first-order valence-corrected chi connectivity index (χ1v) is 11.9. The number of nitrogens with one attached hydrogen (secondary N) is 4. The number of hydrogen-bond donors (Lipinski definition) is 7. The number of primary amides is 1. The van der Waals surface area contributed by atoms with Crippen LogP contribution in [-0.2, 0) is 33.6 Å². The SMILES string of the molecule is CC(C)[C@H](NC(=O)[C@@H]1CCCN1C(=O)[C@H](C)NC(=O)CN)C(=O)N[C@@H](C)C(=O)N[C@@H](CC(N)=O)C(=O)O. The van der Waals surface area contributed by atoms with Gasteiger partial charge in [-0.1, -0.05) is 13.8 Å². The van der Waals surface area contributed by atoms with E-state index in [0.29, 0.717) is 19.4 Å². The molecule has 1 saturated heterocycles. The average Bonchev–Trinajstić information content (AvgIpc) is 3.30. The Morgan fingerprint density at radius 1 is 0.919 bits per heavy atom. The predicted octanol–water partition coefficient (Wildman–Crippen LogP) is -3.47. The fourth-order valence-corrected chi connectivity index (χ4v) is 3.77.